The highest BCUT2D eigenvalue weighted by Crippen LogP contribution is 2.37. The van der Waals surface area contributed by atoms with Gasteiger partial charge >= 0.3 is 21.5 Å². The van der Waals surface area contributed by atoms with Crippen LogP contribution in [0.1, 0.15) is 5.56 Å². The van der Waals surface area contributed by atoms with Crippen LogP contribution in [0, 0.1) is 0 Å². The molecule has 0 radical (unpaired) electrons. The van der Waals surface area contributed by atoms with E-state index in [9.17, 15) is 13.9 Å². The number of carboxylic acids is 1. The van der Waals surface area contributed by atoms with Crippen LogP contribution in [0.4, 0.5) is 0 Å². The quantitative estimate of drug-likeness (QED) is 0.366. The third-order valence-corrected chi connectivity index (χ3v) is 3.31. The monoisotopic (exact) mass is 341 g/mol. The van der Waals surface area contributed by atoms with E-state index in [-0.39, 0.29) is 12.2 Å². The maximum Gasteiger partial charge on any atom is 0.524 e. The number of rotatable bonds is 7. The molecule has 0 aliphatic rings. The van der Waals surface area contributed by atoms with E-state index < -0.39 is 27.6 Å². The van der Waals surface area contributed by atoms with Gasteiger partial charge in [0.25, 0.3) is 0 Å². The van der Waals surface area contributed by atoms with Gasteiger partial charge in [0.05, 0.1) is 0 Å². The van der Waals surface area contributed by atoms with Crippen molar-refractivity contribution < 1.29 is 43.1 Å². The number of nitrogens with one attached hydrogen (secondary N) is 1. The zero-order chi connectivity index (χ0) is 16.3. The summed E-state index contributed by atoms with van der Waals surface area (Å²) in [5.74, 6) is -1.57. The van der Waals surface area contributed by atoms with Crippen molar-refractivity contribution in [2.45, 2.75) is 12.5 Å². The lowest BCUT2D eigenvalue weighted by Gasteiger charge is -2.15. The Morgan fingerprint density at radius 2 is 1.67 bits per heavy atom. The molecule has 21 heavy (non-hydrogen) atoms. The molecule has 0 bridgehead atoms. The molecule has 0 fully saturated rings. The van der Waals surface area contributed by atoms with E-state index >= 15 is 0 Å². The molecular formula is C9H13NO9P2. The van der Waals surface area contributed by atoms with Crippen LogP contribution in [-0.2, 0) is 20.3 Å². The minimum Gasteiger partial charge on any atom is -0.480 e. The SMILES string of the molecule is O=C(O)[C@H](Cc1ccc(OP(=O)(O)O)cc1)NP(=O)(O)O. The maximum absolute atomic E-state index is 10.9. The number of phosphoric acid groups is 1. The van der Waals surface area contributed by atoms with Crippen LogP contribution >= 0.6 is 15.6 Å². The predicted molar refractivity (Wildman–Crippen MR) is 69.4 cm³/mol. The molecule has 0 heterocycles. The fourth-order valence-corrected chi connectivity index (χ4v) is 2.45. The first-order valence-electron chi connectivity index (χ1n) is 5.36. The average Bonchev–Trinajstić information content (AvgIpc) is 2.27. The maximum atomic E-state index is 10.9. The summed E-state index contributed by atoms with van der Waals surface area (Å²) in [6.45, 7) is 0. The smallest absolute Gasteiger partial charge is 0.480 e. The number of carbonyl (C=O) groups is 1. The summed E-state index contributed by atoms with van der Waals surface area (Å²) < 4.78 is 25.7. The zero-order valence-electron chi connectivity index (χ0n) is 10.4. The first-order chi connectivity index (χ1) is 9.46. The topological polar surface area (TPSA) is 174 Å². The van der Waals surface area contributed by atoms with Crippen molar-refractivity contribution in [1.82, 2.24) is 5.09 Å². The van der Waals surface area contributed by atoms with E-state index in [0.717, 1.165) is 0 Å². The van der Waals surface area contributed by atoms with Crippen molar-refractivity contribution >= 4 is 21.5 Å². The lowest BCUT2D eigenvalue weighted by molar-refractivity contribution is -0.139. The van der Waals surface area contributed by atoms with Crippen LogP contribution in [-0.4, -0.2) is 36.7 Å². The molecule has 0 aliphatic heterocycles. The van der Waals surface area contributed by atoms with Gasteiger partial charge in [0.1, 0.15) is 11.8 Å². The van der Waals surface area contributed by atoms with Gasteiger partial charge in [-0.2, -0.15) is 0 Å². The highest BCUT2D eigenvalue weighted by atomic mass is 31.2. The van der Waals surface area contributed by atoms with Crippen molar-refractivity contribution in [2.75, 3.05) is 0 Å². The Bertz CT molecular complexity index is 590. The third-order valence-electron chi connectivity index (χ3n) is 2.21. The lowest BCUT2D eigenvalue weighted by Crippen LogP contribution is -2.36. The number of benzene rings is 1. The van der Waals surface area contributed by atoms with E-state index in [1.165, 1.54) is 24.3 Å². The summed E-state index contributed by atoms with van der Waals surface area (Å²) in [5, 5.41) is 10.5. The first kappa shape index (κ1) is 17.8. The molecule has 1 rings (SSSR count). The molecule has 0 spiro atoms. The second kappa shape index (κ2) is 6.67. The molecule has 1 aromatic rings. The number of hydrogen-bond donors (Lipinski definition) is 6. The number of aliphatic carboxylic acids is 1. The van der Waals surface area contributed by atoms with Crippen LogP contribution in [0.3, 0.4) is 0 Å². The molecule has 0 saturated heterocycles. The summed E-state index contributed by atoms with van der Waals surface area (Å²) in [5.41, 5.74) is 0.376. The molecule has 0 saturated carbocycles. The third kappa shape index (κ3) is 7.35. The summed E-state index contributed by atoms with van der Waals surface area (Å²) in [4.78, 5) is 45.5. The average molecular weight is 341 g/mol. The summed E-state index contributed by atoms with van der Waals surface area (Å²) in [6.07, 6.45) is -0.239. The standard InChI is InChI=1S/C9H13NO9P2/c11-9(12)8(10-20(13,14)15)5-6-1-3-7(4-2-6)19-21(16,17)18/h1-4,8H,5H2,(H,11,12)(H2,16,17,18)(H3,10,13,14,15)/t8-/m0/s1. The second-order valence-electron chi connectivity index (χ2n) is 3.99. The molecule has 0 aliphatic carbocycles. The predicted octanol–water partition coefficient (Wildman–Crippen LogP) is -0.164. The van der Waals surface area contributed by atoms with Gasteiger partial charge in [0.15, 0.2) is 0 Å². The van der Waals surface area contributed by atoms with Crippen LogP contribution in [0.25, 0.3) is 0 Å². The van der Waals surface area contributed by atoms with Crippen molar-refractivity contribution in [1.29, 1.82) is 0 Å². The van der Waals surface area contributed by atoms with E-state index in [1.54, 1.807) is 5.09 Å². The molecule has 0 amide bonds. The highest BCUT2D eigenvalue weighted by molar-refractivity contribution is 7.49. The highest BCUT2D eigenvalue weighted by Gasteiger charge is 2.26. The van der Waals surface area contributed by atoms with Gasteiger partial charge in [0, 0.05) is 0 Å². The van der Waals surface area contributed by atoms with Gasteiger partial charge in [-0.1, -0.05) is 12.1 Å². The summed E-state index contributed by atoms with van der Waals surface area (Å²) in [7, 11) is -9.39. The van der Waals surface area contributed by atoms with Crippen LogP contribution in [0.15, 0.2) is 24.3 Å². The van der Waals surface area contributed by atoms with Crippen LogP contribution in [0.2, 0.25) is 0 Å². The van der Waals surface area contributed by atoms with Gasteiger partial charge in [-0.3, -0.25) is 14.6 Å². The lowest BCUT2D eigenvalue weighted by atomic mass is 10.1. The van der Waals surface area contributed by atoms with Gasteiger partial charge in [-0.15, -0.1) is 0 Å². The van der Waals surface area contributed by atoms with E-state index in [1.807, 2.05) is 0 Å². The van der Waals surface area contributed by atoms with E-state index in [0.29, 0.717) is 5.56 Å². The second-order valence-corrected chi connectivity index (χ2v) is 6.50. The van der Waals surface area contributed by atoms with Gasteiger partial charge < -0.3 is 19.4 Å². The van der Waals surface area contributed by atoms with Crippen molar-refractivity contribution in [3.63, 3.8) is 0 Å². The fraction of sp³-hybridized carbons (Fsp3) is 0.222. The Labute approximate surface area is 118 Å². The summed E-state index contributed by atoms with van der Waals surface area (Å²) >= 11 is 0. The summed E-state index contributed by atoms with van der Waals surface area (Å²) in [6, 6.07) is 3.53. The fourth-order valence-electron chi connectivity index (χ4n) is 1.45. The van der Waals surface area contributed by atoms with E-state index in [2.05, 4.69) is 4.52 Å². The number of carboxylic acid groups (broad SMARTS) is 1. The molecule has 6 N–H and O–H groups in total. The molecule has 10 nitrogen and oxygen atoms in total. The molecule has 12 heteroatoms. The normalized spacial score (nSPS) is 13.7. The number of phosphoric ester groups is 1. The molecule has 1 atom stereocenters. The molecular weight excluding hydrogens is 328 g/mol. The van der Waals surface area contributed by atoms with Gasteiger partial charge in [-0.05, 0) is 24.1 Å². The Balaban J connectivity index is 2.79. The molecule has 0 unspecified atom stereocenters. The molecule has 1 aromatic carbocycles. The van der Waals surface area contributed by atoms with E-state index in [4.69, 9.17) is 24.7 Å². The Kier molecular flexibility index (Phi) is 5.66. The van der Waals surface area contributed by atoms with Crippen molar-refractivity contribution in [2.24, 2.45) is 0 Å². The minimum atomic E-state index is -4.71. The van der Waals surface area contributed by atoms with Gasteiger partial charge in [0.2, 0.25) is 0 Å². The van der Waals surface area contributed by atoms with Crippen LogP contribution in [0.5, 0.6) is 5.75 Å². The Morgan fingerprint density at radius 1 is 1.14 bits per heavy atom. The first-order valence-corrected chi connectivity index (χ1v) is 8.51. The molecule has 118 valence electrons. The number of hydrogen-bond acceptors (Lipinski definition) is 4. The van der Waals surface area contributed by atoms with Crippen LogP contribution < -0.4 is 9.61 Å². The Morgan fingerprint density at radius 3 is 2.05 bits per heavy atom. The zero-order valence-corrected chi connectivity index (χ0v) is 12.1. The minimum absolute atomic E-state index is 0.123. The van der Waals surface area contributed by atoms with Crippen molar-refractivity contribution in [3.8, 4) is 5.75 Å². The molecule has 0 aromatic heterocycles. The van der Waals surface area contributed by atoms with Gasteiger partial charge in [-0.25, -0.2) is 14.2 Å². The largest absolute Gasteiger partial charge is 0.524 e. The van der Waals surface area contributed by atoms with Crippen molar-refractivity contribution in [3.05, 3.63) is 29.8 Å². The Hall–Kier alpha value is -1.25.